The predicted octanol–water partition coefficient (Wildman–Crippen LogP) is 1.80. The third kappa shape index (κ3) is 2.38. The topological polar surface area (TPSA) is 85.1 Å². The lowest BCUT2D eigenvalue weighted by Crippen LogP contribution is -2.17. The molecule has 3 N–H and O–H groups in total. The van der Waals surface area contributed by atoms with E-state index in [1.165, 1.54) is 0 Å². The Morgan fingerprint density at radius 3 is 2.56 bits per heavy atom. The van der Waals surface area contributed by atoms with Crippen molar-refractivity contribution in [3.8, 4) is 0 Å². The SMILES string of the molecule is Cc1nsc(NC(=O)c2ccccc2)c1C(N)=O. The number of nitrogens with one attached hydrogen (secondary N) is 1. The van der Waals surface area contributed by atoms with Crippen molar-refractivity contribution in [1.82, 2.24) is 4.37 Å². The van der Waals surface area contributed by atoms with E-state index in [4.69, 9.17) is 5.73 Å². The molecule has 0 radical (unpaired) electrons. The molecule has 5 nitrogen and oxygen atoms in total. The van der Waals surface area contributed by atoms with E-state index in [2.05, 4.69) is 9.69 Å². The third-order valence-corrected chi connectivity index (χ3v) is 3.23. The van der Waals surface area contributed by atoms with Crippen molar-refractivity contribution >= 4 is 28.3 Å². The molecule has 6 heteroatoms. The highest BCUT2D eigenvalue weighted by Gasteiger charge is 2.18. The van der Waals surface area contributed by atoms with Crippen LogP contribution >= 0.6 is 11.5 Å². The van der Waals surface area contributed by atoms with Gasteiger partial charge in [0.2, 0.25) is 0 Å². The van der Waals surface area contributed by atoms with E-state index in [-0.39, 0.29) is 11.5 Å². The van der Waals surface area contributed by atoms with Gasteiger partial charge >= 0.3 is 0 Å². The van der Waals surface area contributed by atoms with Gasteiger partial charge in [-0.1, -0.05) is 18.2 Å². The molecule has 92 valence electrons. The molecule has 1 heterocycles. The van der Waals surface area contributed by atoms with Gasteiger partial charge in [-0.15, -0.1) is 0 Å². The second-order valence-corrected chi connectivity index (χ2v) is 4.43. The zero-order chi connectivity index (χ0) is 13.1. The summed E-state index contributed by atoms with van der Waals surface area (Å²) in [6.07, 6.45) is 0. The minimum absolute atomic E-state index is 0.268. The van der Waals surface area contributed by atoms with Crippen LogP contribution in [0.3, 0.4) is 0 Å². The Morgan fingerprint density at radius 2 is 1.94 bits per heavy atom. The molecule has 0 saturated heterocycles. The number of aromatic nitrogens is 1. The van der Waals surface area contributed by atoms with Crippen LogP contribution in [0.2, 0.25) is 0 Å². The minimum Gasteiger partial charge on any atom is -0.365 e. The number of carbonyl (C=O) groups is 2. The molecule has 2 amide bonds. The van der Waals surface area contributed by atoms with Crippen molar-refractivity contribution in [1.29, 1.82) is 0 Å². The molecule has 0 spiro atoms. The summed E-state index contributed by atoms with van der Waals surface area (Å²) in [5, 5.41) is 3.03. The van der Waals surface area contributed by atoms with E-state index in [0.29, 0.717) is 16.3 Å². The first-order valence-corrected chi connectivity index (χ1v) is 5.99. The number of nitrogens with two attached hydrogens (primary N) is 1. The summed E-state index contributed by atoms with van der Waals surface area (Å²) in [7, 11) is 0. The van der Waals surface area contributed by atoms with E-state index in [1.807, 2.05) is 6.07 Å². The molecule has 0 aliphatic heterocycles. The van der Waals surface area contributed by atoms with Crippen molar-refractivity contribution in [2.45, 2.75) is 6.92 Å². The molecule has 2 rings (SSSR count). The summed E-state index contributed by atoms with van der Waals surface area (Å²) < 4.78 is 4.01. The van der Waals surface area contributed by atoms with Gasteiger partial charge in [0.25, 0.3) is 11.8 Å². The number of carbonyl (C=O) groups excluding carboxylic acids is 2. The first-order chi connectivity index (χ1) is 8.59. The van der Waals surface area contributed by atoms with E-state index >= 15 is 0 Å². The number of rotatable bonds is 3. The van der Waals surface area contributed by atoms with Gasteiger partial charge < -0.3 is 11.1 Å². The van der Waals surface area contributed by atoms with E-state index < -0.39 is 5.91 Å². The quantitative estimate of drug-likeness (QED) is 0.883. The lowest BCUT2D eigenvalue weighted by atomic mass is 10.2. The van der Waals surface area contributed by atoms with Gasteiger partial charge in [0.05, 0.1) is 11.3 Å². The molecule has 0 aliphatic carbocycles. The Bertz CT molecular complexity index is 593. The summed E-state index contributed by atoms with van der Waals surface area (Å²) in [4.78, 5) is 23.2. The van der Waals surface area contributed by atoms with Crippen molar-refractivity contribution in [3.63, 3.8) is 0 Å². The monoisotopic (exact) mass is 261 g/mol. The van der Waals surface area contributed by atoms with Crippen molar-refractivity contribution < 1.29 is 9.59 Å². The Morgan fingerprint density at radius 1 is 1.28 bits per heavy atom. The number of aryl methyl sites for hydroxylation is 1. The molecule has 18 heavy (non-hydrogen) atoms. The minimum atomic E-state index is -0.593. The molecule has 0 unspecified atom stereocenters. The molecule has 0 fully saturated rings. The third-order valence-electron chi connectivity index (χ3n) is 2.37. The highest BCUT2D eigenvalue weighted by Crippen LogP contribution is 2.24. The molecule has 0 bridgehead atoms. The molecule has 1 aromatic heterocycles. The van der Waals surface area contributed by atoms with Crippen LogP contribution in [0.15, 0.2) is 30.3 Å². The van der Waals surface area contributed by atoms with Gasteiger partial charge in [-0.3, -0.25) is 9.59 Å². The number of amides is 2. The van der Waals surface area contributed by atoms with Crippen molar-refractivity contribution in [3.05, 3.63) is 47.2 Å². The molecular formula is C12H11N3O2S. The van der Waals surface area contributed by atoms with Crippen LogP contribution in [0.25, 0.3) is 0 Å². The van der Waals surface area contributed by atoms with Crippen LogP contribution in [0.4, 0.5) is 5.00 Å². The maximum atomic E-state index is 11.9. The van der Waals surface area contributed by atoms with Gasteiger partial charge in [0, 0.05) is 5.56 Å². The van der Waals surface area contributed by atoms with Crippen LogP contribution < -0.4 is 11.1 Å². The first kappa shape index (κ1) is 12.3. The average molecular weight is 261 g/mol. The van der Waals surface area contributed by atoms with Crippen LogP contribution in [-0.4, -0.2) is 16.2 Å². The number of nitrogens with zero attached hydrogens (tertiary/aromatic N) is 1. The first-order valence-electron chi connectivity index (χ1n) is 5.22. The normalized spacial score (nSPS) is 10.1. The molecule has 0 atom stereocenters. The number of anilines is 1. The van der Waals surface area contributed by atoms with E-state index in [9.17, 15) is 9.59 Å². The summed E-state index contributed by atoms with van der Waals surface area (Å²) in [6.45, 7) is 1.68. The van der Waals surface area contributed by atoms with Gasteiger partial charge in [-0.05, 0) is 30.6 Å². The number of hydrogen-bond donors (Lipinski definition) is 2. The largest absolute Gasteiger partial charge is 0.365 e. The number of benzene rings is 1. The average Bonchev–Trinajstić information content (AvgIpc) is 2.71. The Kier molecular flexibility index (Phi) is 3.38. The van der Waals surface area contributed by atoms with Gasteiger partial charge in [0.1, 0.15) is 5.00 Å². The Labute approximate surface area is 108 Å². The number of primary amides is 1. The van der Waals surface area contributed by atoms with E-state index in [1.54, 1.807) is 31.2 Å². The highest BCUT2D eigenvalue weighted by atomic mass is 32.1. The Balaban J connectivity index is 2.25. The predicted molar refractivity (Wildman–Crippen MR) is 69.8 cm³/mol. The Hall–Kier alpha value is -2.21. The molecule has 1 aromatic carbocycles. The van der Waals surface area contributed by atoms with Crippen LogP contribution in [0.1, 0.15) is 26.4 Å². The number of hydrogen-bond acceptors (Lipinski definition) is 4. The zero-order valence-corrected chi connectivity index (χ0v) is 10.5. The van der Waals surface area contributed by atoms with Crippen LogP contribution in [0.5, 0.6) is 0 Å². The highest BCUT2D eigenvalue weighted by molar-refractivity contribution is 7.11. The summed E-state index contributed by atoms with van der Waals surface area (Å²) in [5.74, 6) is -0.883. The maximum absolute atomic E-state index is 11.9. The fourth-order valence-electron chi connectivity index (χ4n) is 1.51. The fourth-order valence-corrected chi connectivity index (χ4v) is 2.31. The molecule has 0 aliphatic rings. The molecular weight excluding hydrogens is 250 g/mol. The second-order valence-electron chi connectivity index (χ2n) is 3.66. The summed E-state index contributed by atoms with van der Waals surface area (Å²) in [5.41, 5.74) is 6.56. The van der Waals surface area contributed by atoms with E-state index in [0.717, 1.165) is 11.5 Å². The molecule has 2 aromatic rings. The van der Waals surface area contributed by atoms with Gasteiger partial charge in [-0.2, -0.15) is 4.37 Å². The summed E-state index contributed by atoms with van der Waals surface area (Å²) in [6, 6.07) is 8.73. The van der Waals surface area contributed by atoms with Gasteiger partial charge in [0.15, 0.2) is 0 Å². The lowest BCUT2D eigenvalue weighted by molar-refractivity contribution is 0.100. The second kappa shape index (κ2) is 4.97. The lowest BCUT2D eigenvalue weighted by Gasteiger charge is -2.03. The maximum Gasteiger partial charge on any atom is 0.256 e. The van der Waals surface area contributed by atoms with Crippen LogP contribution in [0, 0.1) is 6.92 Å². The zero-order valence-electron chi connectivity index (χ0n) is 9.64. The standard InChI is InChI=1S/C12H11N3O2S/c1-7-9(10(13)16)12(18-15-7)14-11(17)8-5-3-2-4-6-8/h2-6H,1H3,(H2,13,16)(H,14,17). The van der Waals surface area contributed by atoms with Crippen molar-refractivity contribution in [2.75, 3.05) is 5.32 Å². The van der Waals surface area contributed by atoms with Crippen LogP contribution in [-0.2, 0) is 0 Å². The van der Waals surface area contributed by atoms with Gasteiger partial charge in [-0.25, -0.2) is 0 Å². The van der Waals surface area contributed by atoms with Crippen molar-refractivity contribution in [2.24, 2.45) is 5.73 Å². The fraction of sp³-hybridized carbons (Fsp3) is 0.0833. The molecule has 0 saturated carbocycles. The summed E-state index contributed by atoms with van der Waals surface area (Å²) >= 11 is 1.04. The smallest absolute Gasteiger partial charge is 0.256 e.